The average Bonchev–Trinajstić information content (AvgIpc) is 3.06. The lowest BCUT2D eigenvalue weighted by atomic mass is 10.0. The van der Waals surface area contributed by atoms with E-state index in [2.05, 4.69) is 9.71 Å². The van der Waals surface area contributed by atoms with Gasteiger partial charge in [0.05, 0.1) is 10.6 Å². The highest BCUT2D eigenvalue weighted by atomic mass is 32.2. The van der Waals surface area contributed by atoms with Gasteiger partial charge >= 0.3 is 0 Å². The summed E-state index contributed by atoms with van der Waals surface area (Å²) in [6.45, 7) is 2.28. The van der Waals surface area contributed by atoms with E-state index in [1.807, 2.05) is 24.3 Å². The van der Waals surface area contributed by atoms with E-state index in [0.717, 1.165) is 47.6 Å². The van der Waals surface area contributed by atoms with E-state index in [1.54, 1.807) is 11.8 Å². The highest BCUT2D eigenvalue weighted by molar-refractivity contribution is 7.93. The van der Waals surface area contributed by atoms with Crippen LogP contribution in [0.1, 0.15) is 27.3 Å². The Labute approximate surface area is 172 Å². The Balaban J connectivity index is 1.60. The van der Waals surface area contributed by atoms with E-state index in [9.17, 15) is 17.6 Å². The van der Waals surface area contributed by atoms with Gasteiger partial charge in [-0.3, -0.25) is 9.52 Å². The highest BCUT2D eigenvalue weighted by Crippen LogP contribution is 2.32. The minimum absolute atomic E-state index is 0.0791. The van der Waals surface area contributed by atoms with E-state index in [1.165, 1.54) is 12.1 Å². The van der Waals surface area contributed by atoms with Crippen molar-refractivity contribution in [1.29, 1.82) is 0 Å². The fraction of sp³-hybridized carbons (Fsp3) is 0.200. The molecule has 29 heavy (non-hydrogen) atoms. The molecule has 2 aromatic carbocycles. The number of aryl methyl sites for hydroxylation is 2. The summed E-state index contributed by atoms with van der Waals surface area (Å²) in [5.41, 5.74) is 2.45. The van der Waals surface area contributed by atoms with Crippen LogP contribution >= 0.6 is 11.3 Å². The number of amides is 1. The zero-order valence-corrected chi connectivity index (χ0v) is 17.2. The molecule has 1 aromatic heterocycles. The standard InChI is InChI=1S/C20H18FN3O3S2/c1-13-18(19(25)24-12-4-6-14-5-2-3-7-17(14)24)28-20(22-13)23-29(26,27)16-10-8-15(21)9-11-16/h2-3,5,7-11H,4,6,12H2,1H3,(H,22,23). The number of fused-ring (bicyclic) bond motifs is 1. The predicted molar refractivity (Wildman–Crippen MR) is 110 cm³/mol. The van der Waals surface area contributed by atoms with Crippen molar-refractivity contribution in [2.45, 2.75) is 24.7 Å². The van der Waals surface area contributed by atoms with Gasteiger partial charge in [-0.1, -0.05) is 29.5 Å². The Kier molecular flexibility index (Phi) is 5.10. The van der Waals surface area contributed by atoms with Gasteiger partial charge in [-0.05, 0) is 55.7 Å². The number of rotatable bonds is 4. The van der Waals surface area contributed by atoms with Crippen LogP contribution < -0.4 is 9.62 Å². The van der Waals surface area contributed by atoms with Crippen molar-refractivity contribution < 1.29 is 17.6 Å². The van der Waals surface area contributed by atoms with Crippen LogP contribution in [0.5, 0.6) is 0 Å². The lowest BCUT2D eigenvalue weighted by Gasteiger charge is -2.29. The van der Waals surface area contributed by atoms with Gasteiger partial charge in [0, 0.05) is 12.2 Å². The van der Waals surface area contributed by atoms with Crippen LogP contribution in [-0.4, -0.2) is 25.9 Å². The fourth-order valence-electron chi connectivity index (χ4n) is 3.29. The minimum Gasteiger partial charge on any atom is -0.307 e. The van der Waals surface area contributed by atoms with Crippen LogP contribution in [-0.2, 0) is 16.4 Å². The van der Waals surface area contributed by atoms with Crippen molar-refractivity contribution in [3.63, 3.8) is 0 Å². The number of aromatic nitrogens is 1. The second-order valence-corrected chi connectivity index (χ2v) is 9.36. The van der Waals surface area contributed by atoms with Crippen molar-refractivity contribution in [1.82, 2.24) is 4.98 Å². The zero-order valence-electron chi connectivity index (χ0n) is 15.6. The minimum atomic E-state index is -3.93. The van der Waals surface area contributed by atoms with Crippen LogP contribution in [0.3, 0.4) is 0 Å². The summed E-state index contributed by atoms with van der Waals surface area (Å²) in [5, 5.41) is 0.0977. The zero-order chi connectivity index (χ0) is 20.6. The predicted octanol–water partition coefficient (Wildman–Crippen LogP) is 3.98. The molecular weight excluding hydrogens is 413 g/mol. The largest absolute Gasteiger partial charge is 0.307 e. The van der Waals surface area contributed by atoms with E-state index >= 15 is 0 Å². The fourth-order valence-corrected chi connectivity index (χ4v) is 5.44. The van der Waals surface area contributed by atoms with E-state index in [0.29, 0.717) is 17.1 Å². The Hall–Kier alpha value is -2.78. The number of sulfonamides is 1. The quantitative estimate of drug-likeness (QED) is 0.678. The number of nitrogens with one attached hydrogen (secondary N) is 1. The second-order valence-electron chi connectivity index (χ2n) is 6.68. The van der Waals surface area contributed by atoms with Gasteiger partial charge in [0.2, 0.25) is 0 Å². The molecule has 1 N–H and O–H groups in total. The first-order chi connectivity index (χ1) is 13.8. The summed E-state index contributed by atoms with van der Waals surface area (Å²) in [6.07, 6.45) is 1.79. The van der Waals surface area contributed by atoms with Gasteiger partial charge in [-0.25, -0.2) is 17.8 Å². The van der Waals surface area contributed by atoms with E-state index in [4.69, 9.17) is 0 Å². The number of hydrogen-bond acceptors (Lipinski definition) is 5. The molecule has 0 bridgehead atoms. The number of hydrogen-bond donors (Lipinski definition) is 1. The molecule has 6 nitrogen and oxygen atoms in total. The maximum atomic E-state index is 13.1. The molecule has 0 fully saturated rings. The summed E-state index contributed by atoms with van der Waals surface area (Å²) in [5.74, 6) is -0.719. The highest BCUT2D eigenvalue weighted by Gasteiger charge is 2.27. The SMILES string of the molecule is Cc1nc(NS(=O)(=O)c2ccc(F)cc2)sc1C(=O)N1CCCc2ccccc21. The first-order valence-electron chi connectivity index (χ1n) is 9.01. The normalized spacial score (nSPS) is 13.8. The Morgan fingerprint density at radius 3 is 2.66 bits per heavy atom. The maximum Gasteiger partial charge on any atom is 0.270 e. The molecule has 0 saturated heterocycles. The molecule has 1 aliphatic rings. The Morgan fingerprint density at radius 2 is 1.90 bits per heavy atom. The molecule has 150 valence electrons. The third-order valence-corrected chi connectivity index (χ3v) is 7.24. The molecule has 9 heteroatoms. The molecule has 0 aliphatic carbocycles. The Morgan fingerprint density at radius 1 is 1.17 bits per heavy atom. The molecule has 2 heterocycles. The van der Waals surface area contributed by atoms with Crippen molar-refractivity contribution in [3.05, 3.63) is 70.5 Å². The number of carbonyl (C=O) groups excluding carboxylic acids is 1. The Bertz CT molecular complexity index is 1170. The first kappa shape index (κ1) is 19.5. The lowest BCUT2D eigenvalue weighted by molar-refractivity contribution is 0.0988. The molecule has 0 atom stereocenters. The summed E-state index contributed by atoms with van der Waals surface area (Å²) in [7, 11) is -3.93. The van der Waals surface area contributed by atoms with Crippen LogP contribution in [0.2, 0.25) is 0 Å². The van der Waals surface area contributed by atoms with Gasteiger partial charge in [0.1, 0.15) is 10.7 Å². The number of para-hydroxylation sites is 1. The van der Waals surface area contributed by atoms with Crippen molar-refractivity contribution in [2.24, 2.45) is 0 Å². The number of thiazole rings is 1. The third kappa shape index (κ3) is 3.88. The molecule has 4 rings (SSSR count). The monoisotopic (exact) mass is 431 g/mol. The number of nitrogens with zero attached hydrogens (tertiary/aromatic N) is 2. The number of carbonyl (C=O) groups is 1. The van der Waals surface area contributed by atoms with Crippen LogP contribution in [0, 0.1) is 12.7 Å². The van der Waals surface area contributed by atoms with E-state index in [-0.39, 0.29) is 15.9 Å². The molecular formula is C20H18FN3O3S2. The van der Waals surface area contributed by atoms with Crippen molar-refractivity contribution in [3.8, 4) is 0 Å². The summed E-state index contributed by atoms with van der Waals surface area (Å²) >= 11 is 0.994. The van der Waals surface area contributed by atoms with Crippen LogP contribution in [0.25, 0.3) is 0 Å². The van der Waals surface area contributed by atoms with Crippen molar-refractivity contribution >= 4 is 38.1 Å². The first-order valence-corrected chi connectivity index (χ1v) is 11.3. The molecule has 1 amide bonds. The topological polar surface area (TPSA) is 79.4 Å². The molecule has 0 unspecified atom stereocenters. The number of benzene rings is 2. The van der Waals surface area contributed by atoms with Gasteiger partial charge in [0.25, 0.3) is 15.9 Å². The molecule has 0 radical (unpaired) electrons. The number of anilines is 2. The summed E-state index contributed by atoms with van der Waals surface area (Å²) in [6, 6.07) is 12.3. The smallest absolute Gasteiger partial charge is 0.270 e. The molecule has 1 aliphatic heterocycles. The van der Waals surface area contributed by atoms with Gasteiger partial charge in [0.15, 0.2) is 5.13 Å². The second kappa shape index (κ2) is 7.57. The maximum absolute atomic E-state index is 13.1. The molecule has 3 aromatic rings. The van der Waals surface area contributed by atoms with E-state index < -0.39 is 15.8 Å². The summed E-state index contributed by atoms with van der Waals surface area (Å²) < 4.78 is 40.5. The van der Waals surface area contributed by atoms with Crippen molar-refractivity contribution in [2.75, 3.05) is 16.2 Å². The average molecular weight is 432 g/mol. The van der Waals surface area contributed by atoms with Gasteiger partial charge in [-0.2, -0.15) is 0 Å². The van der Waals surface area contributed by atoms with Crippen LogP contribution in [0.4, 0.5) is 15.2 Å². The summed E-state index contributed by atoms with van der Waals surface area (Å²) in [4.78, 5) is 19.4. The third-order valence-electron chi connectivity index (χ3n) is 4.69. The molecule has 0 saturated carbocycles. The number of halogens is 1. The van der Waals surface area contributed by atoms with Gasteiger partial charge in [-0.15, -0.1) is 0 Å². The molecule has 0 spiro atoms. The van der Waals surface area contributed by atoms with Crippen LogP contribution in [0.15, 0.2) is 53.4 Å². The van der Waals surface area contributed by atoms with Gasteiger partial charge < -0.3 is 4.90 Å². The lowest BCUT2D eigenvalue weighted by Crippen LogP contribution is -2.35.